The number of carbonyl (C=O) groups is 1. The Labute approximate surface area is 166 Å². The molecule has 148 valence electrons. The van der Waals surface area contributed by atoms with Gasteiger partial charge in [-0.1, -0.05) is 27.6 Å². The van der Waals surface area contributed by atoms with E-state index in [1.807, 2.05) is 12.1 Å². The number of pyridine rings is 1. The van der Waals surface area contributed by atoms with Gasteiger partial charge in [0.15, 0.2) is 0 Å². The van der Waals surface area contributed by atoms with Gasteiger partial charge in [-0.3, -0.25) is 14.6 Å². The maximum atomic E-state index is 13.0. The lowest BCUT2D eigenvalue weighted by Crippen LogP contribution is -2.54. The summed E-state index contributed by atoms with van der Waals surface area (Å²) < 4.78 is 1.25. The fraction of sp³-hybridized carbons (Fsp3) is 0.500. The van der Waals surface area contributed by atoms with Crippen LogP contribution in [-0.2, 0) is 17.9 Å². The van der Waals surface area contributed by atoms with Crippen LogP contribution in [0.25, 0.3) is 0 Å². The highest BCUT2D eigenvalue weighted by Gasteiger charge is 2.46. The summed E-state index contributed by atoms with van der Waals surface area (Å²) in [6, 6.07) is 3.67. The number of nitrogens with one attached hydrogen (secondary N) is 2. The third-order valence-electron chi connectivity index (χ3n) is 5.32. The van der Waals surface area contributed by atoms with Crippen molar-refractivity contribution >= 4 is 23.8 Å². The van der Waals surface area contributed by atoms with Crippen LogP contribution in [0, 0.1) is 5.41 Å². The molecule has 2 N–H and O–H groups in total. The molecule has 1 amide bonds. The normalized spacial score (nSPS) is 18.5. The lowest BCUT2D eigenvalue weighted by atomic mass is 9.36. The van der Waals surface area contributed by atoms with Crippen molar-refractivity contribution in [1.29, 1.82) is 0 Å². The molecule has 1 atom stereocenters. The summed E-state index contributed by atoms with van der Waals surface area (Å²) in [6.45, 7) is 11.1. The predicted octanol–water partition coefficient (Wildman–Crippen LogP) is 1.45. The SMILES string of the molecule is CB1c2c(cnn(CC(=O)NCc3ccncc3)c2=O)NC1(C)CC(C)(C)C. The van der Waals surface area contributed by atoms with E-state index in [4.69, 9.17) is 0 Å². The number of aromatic nitrogens is 3. The van der Waals surface area contributed by atoms with Gasteiger partial charge in [-0.2, -0.15) is 5.10 Å². The van der Waals surface area contributed by atoms with E-state index in [0.29, 0.717) is 12.0 Å². The Balaban J connectivity index is 1.74. The molecule has 0 saturated heterocycles. The van der Waals surface area contributed by atoms with Crippen molar-refractivity contribution < 1.29 is 4.79 Å². The minimum Gasteiger partial charge on any atom is -0.385 e. The topological polar surface area (TPSA) is 88.9 Å². The molecule has 0 radical (unpaired) electrons. The minimum absolute atomic E-state index is 0.0309. The molecule has 0 spiro atoms. The Morgan fingerprint density at radius 3 is 2.64 bits per heavy atom. The van der Waals surface area contributed by atoms with E-state index in [9.17, 15) is 9.59 Å². The highest BCUT2D eigenvalue weighted by Crippen LogP contribution is 2.34. The Bertz CT molecular complexity index is 922. The quantitative estimate of drug-likeness (QED) is 0.766. The van der Waals surface area contributed by atoms with Crippen LogP contribution in [0.5, 0.6) is 0 Å². The first-order chi connectivity index (χ1) is 13.1. The van der Waals surface area contributed by atoms with E-state index in [1.165, 1.54) is 4.68 Å². The molecule has 0 bridgehead atoms. The first kappa shape index (κ1) is 20.1. The van der Waals surface area contributed by atoms with Crippen LogP contribution in [0.2, 0.25) is 6.82 Å². The van der Waals surface area contributed by atoms with Crippen LogP contribution in [0.1, 0.15) is 39.7 Å². The van der Waals surface area contributed by atoms with Crippen molar-refractivity contribution in [1.82, 2.24) is 20.1 Å². The molecule has 28 heavy (non-hydrogen) atoms. The standard InChI is InChI=1S/C20H28BN5O2/c1-19(2,3)13-20(4)21(5)17-15(25-20)11-24-26(18(17)28)12-16(27)23-10-14-6-8-22-9-7-14/h6-9,11,25H,10,12-13H2,1-5H3,(H,23,27). The maximum Gasteiger partial charge on any atom is 0.263 e. The van der Waals surface area contributed by atoms with Gasteiger partial charge in [0.25, 0.3) is 5.56 Å². The monoisotopic (exact) mass is 381 g/mol. The molecule has 7 nitrogen and oxygen atoms in total. The highest BCUT2D eigenvalue weighted by molar-refractivity contribution is 6.78. The van der Waals surface area contributed by atoms with Crippen molar-refractivity contribution in [3.05, 3.63) is 46.6 Å². The summed E-state index contributed by atoms with van der Waals surface area (Å²) in [7, 11) is 0. The zero-order valence-electron chi connectivity index (χ0n) is 17.2. The van der Waals surface area contributed by atoms with Crippen molar-refractivity contribution in [2.45, 2.75) is 59.5 Å². The van der Waals surface area contributed by atoms with E-state index in [1.54, 1.807) is 18.6 Å². The smallest absolute Gasteiger partial charge is 0.263 e. The number of carbonyl (C=O) groups excluding carboxylic acids is 1. The van der Waals surface area contributed by atoms with E-state index in [-0.39, 0.29) is 35.6 Å². The van der Waals surface area contributed by atoms with Gasteiger partial charge < -0.3 is 10.6 Å². The molecule has 0 aliphatic carbocycles. The zero-order valence-corrected chi connectivity index (χ0v) is 17.2. The fourth-order valence-electron chi connectivity index (χ4n) is 4.06. The highest BCUT2D eigenvalue weighted by atomic mass is 16.2. The van der Waals surface area contributed by atoms with Gasteiger partial charge in [0, 0.05) is 29.8 Å². The summed E-state index contributed by atoms with van der Waals surface area (Å²) in [5.41, 5.74) is 2.14. The average Bonchev–Trinajstić information content (AvgIpc) is 2.86. The second-order valence-electron chi connectivity index (χ2n) is 9.07. The Kier molecular flexibility index (Phi) is 5.32. The second kappa shape index (κ2) is 7.41. The third-order valence-corrected chi connectivity index (χ3v) is 5.32. The number of fused-ring (bicyclic) bond motifs is 1. The van der Waals surface area contributed by atoms with Gasteiger partial charge in [-0.05, 0) is 36.5 Å². The average molecular weight is 381 g/mol. The molecule has 3 rings (SSSR count). The number of nitrogens with zero attached hydrogens (tertiary/aromatic N) is 3. The van der Waals surface area contributed by atoms with Crippen molar-refractivity contribution in [3.8, 4) is 0 Å². The predicted molar refractivity (Wildman–Crippen MR) is 112 cm³/mol. The van der Waals surface area contributed by atoms with Gasteiger partial charge in [-0.25, -0.2) is 4.68 Å². The van der Waals surface area contributed by atoms with Crippen LogP contribution in [0.3, 0.4) is 0 Å². The van der Waals surface area contributed by atoms with E-state index < -0.39 is 0 Å². The summed E-state index contributed by atoms with van der Waals surface area (Å²) in [4.78, 5) is 29.3. The van der Waals surface area contributed by atoms with E-state index >= 15 is 0 Å². The number of amides is 1. The second-order valence-corrected chi connectivity index (χ2v) is 9.07. The van der Waals surface area contributed by atoms with Crippen molar-refractivity contribution in [2.24, 2.45) is 5.41 Å². The van der Waals surface area contributed by atoms with E-state index in [2.05, 4.69) is 55.2 Å². The largest absolute Gasteiger partial charge is 0.385 e. The molecular formula is C20H28BN5O2. The minimum atomic E-state index is -0.248. The van der Waals surface area contributed by atoms with Crippen molar-refractivity contribution in [2.75, 3.05) is 5.32 Å². The lowest BCUT2D eigenvalue weighted by molar-refractivity contribution is -0.122. The van der Waals surface area contributed by atoms with Gasteiger partial charge in [0.2, 0.25) is 12.6 Å². The Hall–Kier alpha value is -2.64. The van der Waals surface area contributed by atoms with Crippen LogP contribution in [0.15, 0.2) is 35.5 Å². The molecule has 1 aliphatic rings. The molecule has 2 aromatic heterocycles. The van der Waals surface area contributed by atoms with Crippen LogP contribution >= 0.6 is 0 Å². The molecule has 2 aromatic rings. The molecule has 0 saturated carbocycles. The van der Waals surface area contributed by atoms with Crippen molar-refractivity contribution in [3.63, 3.8) is 0 Å². The number of anilines is 1. The summed E-state index contributed by atoms with van der Waals surface area (Å²) in [6.07, 6.45) is 5.94. The molecule has 0 aromatic carbocycles. The summed E-state index contributed by atoms with van der Waals surface area (Å²) in [5, 5.41) is 10.5. The first-order valence-electron chi connectivity index (χ1n) is 9.63. The maximum absolute atomic E-state index is 13.0. The Morgan fingerprint density at radius 1 is 1.32 bits per heavy atom. The summed E-state index contributed by atoms with van der Waals surface area (Å²) in [5.74, 6) is -0.248. The fourth-order valence-corrected chi connectivity index (χ4v) is 4.06. The lowest BCUT2D eigenvalue weighted by Gasteiger charge is -2.35. The van der Waals surface area contributed by atoms with Crippen LogP contribution in [0.4, 0.5) is 5.69 Å². The van der Waals surface area contributed by atoms with Gasteiger partial charge >= 0.3 is 0 Å². The van der Waals surface area contributed by atoms with Gasteiger partial charge in [0.05, 0.1) is 11.9 Å². The first-order valence-corrected chi connectivity index (χ1v) is 9.63. The van der Waals surface area contributed by atoms with Crippen LogP contribution in [-0.4, -0.2) is 32.8 Å². The number of hydrogen-bond donors (Lipinski definition) is 2. The molecule has 3 heterocycles. The third kappa shape index (κ3) is 4.26. The zero-order chi connectivity index (χ0) is 20.5. The van der Waals surface area contributed by atoms with Gasteiger partial charge in [0.1, 0.15) is 6.54 Å². The molecule has 0 fully saturated rings. The molecule has 8 heteroatoms. The summed E-state index contributed by atoms with van der Waals surface area (Å²) >= 11 is 0. The van der Waals surface area contributed by atoms with Gasteiger partial charge in [-0.15, -0.1) is 0 Å². The Morgan fingerprint density at radius 2 is 2.00 bits per heavy atom. The number of hydrogen-bond acceptors (Lipinski definition) is 5. The molecular weight excluding hydrogens is 353 g/mol. The molecule has 1 unspecified atom stereocenters. The molecule has 1 aliphatic heterocycles. The number of rotatable bonds is 5. The van der Waals surface area contributed by atoms with Crippen LogP contribution < -0.4 is 21.7 Å². The van der Waals surface area contributed by atoms with E-state index in [0.717, 1.165) is 17.7 Å².